The van der Waals surface area contributed by atoms with Gasteiger partial charge in [0.2, 0.25) is 5.91 Å². The molecular formula is C18H21ClN6O4S2. The fourth-order valence-electron chi connectivity index (χ4n) is 3.25. The van der Waals surface area contributed by atoms with E-state index >= 15 is 0 Å². The van der Waals surface area contributed by atoms with Crippen molar-refractivity contribution >= 4 is 44.9 Å². The van der Waals surface area contributed by atoms with Crippen LogP contribution in [0.5, 0.6) is 0 Å². The average molecular weight is 485 g/mol. The van der Waals surface area contributed by atoms with Gasteiger partial charge in [0.1, 0.15) is 9.90 Å². The van der Waals surface area contributed by atoms with E-state index in [1.165, 1.54) is 10.4 Å². The number of hydrogen-bond acceptors (Lipinski definition) is 8. The fraction of sp³-hybridized carbons (Fsp3) is 0.444. The molecule has 0 unspecified atom stereocenters. The number of amides is 1. The lowest BCUT2D eigenvalue weighted by atomic mass is 9.97. The molecule has 4 heterocycles. The largest absolute Gasteiger partial charge is 0.401 e. The van der Waals surface area contributed by atoms with Gasteiger partial charge in [0.25, 0.3) is 15.9 Å². The standard InChI is InChI=1S/C18H21ClN6O4S2/c1-11(2)25-10-7-13(23-25)17-21-22-18(29-17)20-16(26)12-5-8-24(9-6-12)31(27,28)15-4-3-14(19)30-15/h3-4,7,10-12H,5-6,8-9H2,1-2H3,(H,20,22,26). The summed E-state index contributed by atoms with van der Waals surface area (Å²) in [7, 11) is -3.59. The summed E-state index contributed by atoms with van der Waals surface area (Å²) in [5.41, 5.74) is 0.522. The van der Waals surface area contributed by atoms with Gasteiger partial charge in [-0.15, -0.1) is 16.4 Å². The van der Waals surface area contributed by atoms with Crippen molar-refractivity contribution in [2.24, 2.45) is 5.92 Å². The molecule has 0 aliphatic carbocycles. The van der Waals surface area contributed by atoms with E-state index in [2.05, 4.69) is 20.6 Å². The number of carbonyl (C=O) groups excluding carboxylic acids is 1. The molecule has 166 valence electrons. The van der Waals surface area contributed by atoms with Gasteiger partial charge in [-0.05, 0) is 44.9 Å². The van der Waals surface area contributed by atoms with E-state index in [-0.39, 0.29) is 47.1 Å². The third-order valence-electron chi connectivity index (χ3n) is 4.98. The maximum atomic E-state index is 12.7. The van der Waals surface area contributed by atoms with E-state index in [0.717, 1.165) is 11.3 Å². The number of rotatable bonds is 6. The van der Waals surface area contributed by atoms with Gasteiger partial charge >= 0.3 is 6.01 Å². The number of sulfonamides is 1. The van der Waals surface area contributed by atoms with Crippen LogP contribution in [0.1, 0.15) is 32.7 Å². The molecule has 10 nitrogen and oxygen atoms in total. The van der Waals surface area contributed by atoms with Crippen molar-refractivity contribution in [2.45, 2.75) is 36.9 Å². The van der Waals surface area contributed by atoms with Crippen LogP contribution < -0.4 is 5.32 Å². The van der Waals surface area contributed by atoms with Crippen LogP contribution >= 0.6 is 22.9 Å². The molecule has 1 aliphatic rings. The summed E-state index contributed by atoms with van der Waals surface area (Å²) >= 11 is 6.88. The van der Waals surface area contributed by atoms with Crippen molar-refractivity contribution in [2.75, 3.05) is 18.4 Å². The van der Waals surface area contributed by atoms with Crippen LogP contribution in [0.3, 0.4) is 0 Å². The smallest absolute Gasteiger partial charge is 0.322 e. The zero-order valence-electron chi connectivity index (χ0n) is 16.9. The second-order valence-corrected chi connectivity index (χ2v) is 11.3. The lowest BCUT2D eigenvalue weighted by molar-refractivity contribution is -0.121. The highest BCUT2D eigenvalue weighted by molar-refractivity contribution is 7.91. The number of nitrogens with zero attached hydrogens (tertiary/aromatic N) is 5. The second kappa shape index (κ2) is 8.69. The molecular weight excluding hydrogens is 464 g/mol. The van der Waals surface area contributed by atoms with Crippen molar-refractivity contribution in [3.8, 4) is 11.6 Å². The van der Waals surface area contributed by atoms with Crippen LogP contribution in [0.4, 0.5) is 6.01 Å². The molecule has 3 aromatic rings. The van der Waals surface area contributed by atoms with E-state index in [1.54, 1.807) is 16.8 Å². The van der Waals surface area contributed by atoms with Crippen LogP contribution in [0.2, 0.25) is 4.34 Å². The number of carbonyl (C=O) groups is 1. The molecule has 0 atom stereocenters. The summed E-state index contributed by atoms with van der Waals surface area (Å²) in [6.07, 6.45) is 2.60. The molecule has 0 aromatic carbocycles. The number of anilines is 1. The van der Waals surface area contributed by atoms with E-state index in [4.69, 9.17) is 16.0 Å². The van der Waals surface area contributed by atoms with E-state index in [0.29, 0.717) is 22.9 Å². The summed E-state index contributed by atoms with van der Waals surface area (Å²) in [6.45, 7) is 4.50. The maximum absolute atomic E-state index is 12.7. The van der Waals surface area contributed by atoms with Crippen molar-refractivity contribution in [1.82, 2.24) is 24.3 Å². The summed E-state index contributed by atoms with van der Waals surface area (Å²) < 4.78 is 34.7. The van der Waals surface area contributed by atoms with Crippen LogP contribution in [0.15, 0.2) is 33.0 Å². The first kappa shape index (κ1) is 21.9. The molecule has 3 aromatic heterocycles. The minimum Gasteiger partial charge on any atom is -0.401 e. The van der Waals surface area contributed by atoms with Gasteiger partial charge in [-0.25, -0.2) is 8.42 Å². The van der Waals surface area contributed by atoms with Gasteiger partial charge in [0.05, 0.1) is 4.34 Å². The van der Waals surface area contributed by atoms with Gasteiger partial charge in [-0.2, -0.15) is 9.40 Å². The number of nitrogens with one attached hydrogen (secondary N) is 1. The zero-order chi connectivity index (χ0) is 22.2. The Kier molecular flexibility index (Phi) is 6.15. The molecule has 1 fully saturated rings. The summed E-state index contributed by atoms with van der Waals surface area (Å²) in [5, 5.41) is 14.8. The fourth-order valence-corrected chi connectivity index (χ4v) is 6.35. The Labute approximate surface area is 188 Å². The van der Waals surface area contributed by atoms with Gasteiger partial charge in [-0.3, -0.25) is 14.8 Å². The molecule has 1 saturated heterocycles. The number of piperidine rings is 1. The van der Waals surface area contributed by atoms with Gasteiger partial charge in [-0.1, -0.05) is 16.7 Å². The maximum Gasteiger partial charge on any atom is 0.322 e. The van der Waals surface area contributed by atoms with Crippen molar-refractivity contribution < 1.29 is 17.6 Å². The molecule has 0 saturated carbocycles. The minimum absolute atomic E-state index is 0.0117. The number of halogens is 1. The molecule has 31 heavy (non-hydrogen) atoms. The Bertz CT molecular complexity index is 1180. The Hall–Kier alpha value is -2.28. The monoisotopic (exact) mass is 484 g/mol. The molecule has 1 aliphatic heterocycles. The highest BCUT2D eigenvalue weighted by Gasteiger charge is 2.33. The SMILES string of the molecule is CC(C)n1ccc(-c2nnc(NC(=O)C3CCN(S(=O)(=O)c4ccc(Cl)s4)CC3)o2)n1. The Morgan fingerprint density at radius 3 is 2.61 bits per heavy atom. The third kappa shape index (κ3) is 4.66. The average Bonchev–Trinajstić information content (AvgIpc) is 3.48. The predicted molar refractivity (Wildman–Crippen MR) is 115 cm³/mol. The van der Waals surface area contributed by atoms with Gasteiger partial charge in [0, 0.05) is 31.2 Å². The third-order valence-corrected chi connectivity index (χ3v) is 8.58. The molecule has 0 bridgehead atoms. The van der Waals surface area contributed by atoms with Crippen molar-refractivity contribution in [3.63, 3.8) is 0 Å². The Morgan fingerprint density at radius 1 is 1.26 bits per heavy atom. The Morgan fingerprint density at radius 2 is 2.00 bits per heavy atom. The molecule has 1 N–H and O–H groups in total. The van der Waals surface area contributed by atoms with Gasteiger partial charge in [0.15, 0.2) is 0 Å². The molecule has 13 heteroatoms. The van der Waals surface area contributed by atoms with Gasteiger partial charge < -0.3 is 4.42 Å². The van der Waals surface area contributed by atoms with Crippen LogP contribution in [-0.4, -0.2) is 51.7 Å². The predicted octanol–water partition coefficient (Wildman–Crippen LogP) is 3.27. The second-order valence-electron chi connectivity index (χ2n) is 7.41. The van der Waals surface area contributed by atoms with Crippen molar-refractivity contribution in [3.05, 3.63) is 28.7 Å². The van der Waals surface area contributed by atoms with E-state index in [9.17, 15) is 13.2 Å². The first-order valence-electron chi connectivity index (χ1n) is 9.69. The molecule has 0 spiro atoms. The van der Waals surface area contributed by atoms with E-state index < -0.39 is 10.0 Å². The van der Waals surface area contributed by atoms with Crippen LogP contribution in [0.25, 0.3) is 11.6 Å². The first-order chi connectivity index (χ1) is 14.7. The quantitative estimate of drug-likeness (QED) is 0.569. The summed E-state index contributed by atoms with van der Waals surface area (Å²) in [5.74, 6) is -0.418. The molecule has 0 radical (unpaired) electrons. The topological polar surface area (TPSA) is 123 Å². The number of hydrogen-bond donors (Lipinski definition) is 1. The van der Waals surface area contributed by atoms with Crippen LogP contribution in [0, 0.1) is 5.92 Å². The number of thiophene rings is 1. The molecule has 4 rings (SSSR count). The highest BCUT2D eigenvalue weighted by Crippen LogP contribution is 2.31. The van der Waals surface area contributed by atoms with E-state index in [1.807, 2.05) is 20.0 Å². The Balaban J connectivity index is 1.35. The number of aromatic nitrogens is 4. The van der Waals surface area contributed by atoms with Crippen molar-refractivity contribution in [1.29, 1.82) is 0 Å². The first-order valence-corrected chi connectivity index (χ1v) is 12.3. The highest BCUT2D eigenvalue weighted by atomic mass is 35.5. The summed E-state index contributed by atoms with van der Waals surface area (Å²) in [4.78, 5) is 12.6. The lowest BCUT2D eigenvalue weighted by Crippen LogP contribution is -2.41. The zero-order valence-corrected chi connectivity index (χ0v) is 19.2. The minimum atomic E-state index is -3.59. The van der Waals surface area contributed by atoms with Crippen LogP contribution in [-0.2, 0) is 14.8 Å². The lowest BCUT2D eigenvalue weighted by Gasteiger charge is -2.29. The molecule has 1 amide bonds. The summed E-state index contributed by atoms with van der Waals surface area (Å²) in [6, 6.07) is 5.00. The normalized spacial score (nSPS) is 16.1.